The number of rotatable bonds is 3. The van der Waals surface area contributed by atoms with Gasteiger partial charge in [0.05, 0.1) is 16.8 Å². The number of carbonyl (C=O) groups is 1. The van der Waals surface area contributed by atoms with Crippen LogP contribution in [0.5, 0.6) is 0 Å². The Labute approximate surface area is 171 Å². The Morgan fingerprint density at radius 3 is 2.62 bits per heavy atom. The van der Waals surface area contributed by atoms with Gasteiger partial charge in [0.15, 0.2) is 0 Å². The molecular formula is C24H24N4O. The van der Waals surface area contributed by atoms with Crippen molar-refractivity contribution in [3.8, 4) is 6.07 Å². The highest BCUT2D eigenvalue weighted by Crippen LogP contribution is 2.33. The van der Waals surface area contributed by atoms with Crippen molar-refractivity contribution in [2.45, 2.75) is 26.7 Å². The van der Waals surface area contributed by atoms with Gasteiger partial charge in [-0.15, -0.1) is 0 Å². The molecule has 1 N–H and O–H groups in total. The van der Waals surface area contributed by atoms with Crippen LogP contribution in [-0.2, 0) is 4.79 Å². The zero-order valence-electron chi connectivity index (χ0n) is 16.8. The number of anilines is 2. The second kappa shape index (κ2) is 7.92. The molecule has 1 aliphatic heterocycles. The summed E-state index contributed by atoms with van der Waals surface area (Å²) in [6.07, 6.45) is 3.18. The number of carbonyl (C=O) groups excluding carboxylic acids is 1. The zero-order chi connectivity index (χ0) is 20.4. The highest BCUT2D eigenvalue weighted by atomic mass is 16.1. The van der Waals surface area contributed by atoms with E-state index in [1.807, 2.05) is 50.2 Å². The molecule has 1 aromatic heterocycles. The number of aromatic nitrogens is 1. The number of aryl methyl sites for hydroxylation is 2. The number of hydrogen-bond acceptors (Lipinski definition) is 4. The number of pyridine rings is 1. The molecule has 146 valence electrons. The number of nitrogens with one attached hydrogen (secondary N) is 1. The van der Waals surface area contributed by atoms with Crippen LogP contribution in [0.3, 0.4) is 0 Å². The zero-order valence-corrected chi connectivity index (χ0v) is 16.8. The van der Waals surface area contributed by atoms with Crippen LogP contribution < -0.4 is 10.2 Å². The monoisotopic (exact) mass is 384 g/mol. The maximum absolute atomic E-state index is 12.7. The number of nitrogens with zero attached hydrogens (tertiary/aromatic N) is 3. The molecule has 0 bridgehead atoms. The van der Waals surface area contributed by atoms with Gasteiger partial charge in [-0.25, -0.2) is 0 Å². The van der Waals surface area contributed by atoms with Crippen molar-refractivity contribution in [3.63, 3.8) is 0 Å². The molecule has 3 aromatic rings. The molecule has 2 aromatic carbocycles. The fraction of sp³-hybridized carbons (Fsp3) is 0.292. The molecule has 29 heavy (non-hydrogen) atoms. The van der Waals surface area contributed by atoms with E-state index in [0.717, 1.165) is 59.3 Å². The summed E-state index contributed by atoms with van der Waals surface area (Å²) >= 11 is 0. The quantitative estimate of drug-likeness (QED) is 0.718. The van der Waals surface area contributed by atoms with E-state index >= 15 is 0 Å². The lowest BCUT2D eigenvalue weighted by molar-refractivity contribution is -0.120. The van der Waals surface area contributed by atoms with Crippen molar-refractivity contribution < 1.29 is 4.79 Å². The first-order valence-corrected chi connectivity index (χ1v) is 9.97. The minimum atomic E-state index is -0.0212. The van der Waals surface area contributed by atoms with Gasteiger partial charge in [0.2, 0.25) is 5.91 Å². The largest absolute Gasteiger partial charge is 0.370 e. The Hall–Kier alpha value is -3.39. The fourth-order valence-electron chi connectivity index (χ4n) is 4.05. The highest BCUT2D eigenvalue weighted by molar-refractivity contribution is 5.96. The van der Waals surface area contributed by atoms with Crippen molar-refractivity contribution in [3.05, 3.63) is 65.4 Å². The third-order valence-electron chi connectivity index (χ3n) is 5.58. The van der Waals surface area contributed by atoms with Gasteiger partial charge in [-0.3, -0.25) is 9.78 Å². The summed E-state index contributed by atoms with van der Waals surface area (Å²) in [5.41, 5.74) is 5.54. The summed E-state index contributed by atoms with van der Waals surface area (Å²) in [5.74, 6) is 0.0540. The Kier molecular flexibility index (Phi) is 5.18. The van der Waals surface area contributed by atoms with E-state index in [1.165, 1.54) is 0 Å². The van der Waals surface area contributed by atoms with Crippen LogP contribution in [0, 0.1) is 31.1 Å². The lowest BCUT2D eigenvalue weighted by Gasteiger charge is -2.34. The number of benzene rings is 2. The number of hydrogen-bond donors (Lipinski definition) is 1. The minimum absolute atomic E-state index is 0.0212. The SMILES string of the molecule is Cc1cccc(NC(=O)C2CCN(c3c(C#N)cnc4ccc(C)cc34)CC2)c1. The van der Waals surface area contributed by atoms with Gasteiger partial charge in [0.25, 0.3) is 0 Å². The molecule has 2 heterocycles. The maximum atomic E-state index is 12.7. The van der Waals surface area contributed by atoms with E-state index in [9.17, 15) is 10.1 Å². The summed E-state index contributed by atoms with van der Waals surface area (Å²) in [6, 6.07) is 16.3. The van der Waals surface area contributed by atoms with E-state index < -0.39 is 0 Å². The molecule has 0 saturated carbocycles. The smallest absolute Gasteiger partial charge is 0.227 e. The molecule has 5 heteroatoms. The van der Waals surface area contributed by atoms with Crippen LogP contribution >= 0.6 is 0 Å². The first-order valence-electron chi connectivity index (χ1n) is 9.97. The van der Waals surface area contributed by atoms with Gasteiger partial charge < -0.3 is 10.2 Å². The summed E-state index contributed by atoms with van der Waals surface area (Å²) in [5, 5.41) is 13.7. The van der Waals surface area contributed by atoms with Crippen molar-refractivity contribution in [2.24, 2.45) is 5.92 Å². The molecule has 0 aliphatic carbocycles. The third-order valence-corrected chi connectivity index (χ3v) is 5.58. The molecule has 0 unspecified atom stereocenters. The number of amides is 1. The van der Waals surface area contributed by atoms with Gasteiger partial charge >= 0.3 is 0 Å². The van der Waals surface area contributed by atoms with Crippen LogP contribution in [0.1, 0.15) is 29.5 Å². The van der Waals surface area contributed by atoms with E-state index in [-0.39, 0.29) is 11.8 Å². The minimum Gasteiger partial charge on any atom is -0.370 e. The summed E-state index contributed by atoms with van der Waals surface area (Å²) in [7, 11) is 0. The van der Waals surface area contributed by atoms with Gasteiger partial charge in [0.1, 0.15) is 6.07 Å². The van der Waals surface area contributed by atoms with E-state index in [2.05, 4.69) is 27.3 Å². The van der Waals surface area contributed by atoms with Crippen LogP contribution in [0.25, 0.3) is 10.9 Å². The van der Waals surface area contributed by atoms with Gasteiger partial charge in [-0.1, -0.05) is 23.8 Å². The van der Waals surface area contributed by atoms with Crippen LogP contribution in [0.2, 0.25) is 0 Å². The van der Waals surface area contributed by atoms with Gasteiger partial charge in [-0.05, 0) is 56.5 Å². The molecule has 0 spiro atoms. The highest BCUT2D eigenvalue weighted by Gasteiger charge is 2.27. The fourth-order valence-corrected chi connectivity index (χ4v) is 4.05. The molecule has 1 fully saturated rings. The Morgan fingerprint density at radius 1 is 1.14 bits per heavy atom. The second-order valence-electron chi connectivity index (χ2n) is 7.77. The molecule has 0 atom stereocenters. The lowest BCUT2D eigenvalue weighted by Crippen LogP contribution is -2.38. The molecule has 0 radical (unpaired) electrons. The predicted octanol–water partition coefficient (Wildman–Crippen LogP) is 4.58. The third kappa shape index (κ3) is 3.93. The predicted molar refractivity (Wildman–Crippen MR) is 116 cm³/mol. The molecule has 4 rings (SSSR count). The first kappa shape index (κ1) is 18.9. The molecule has 5 nitrogen and oxygen atoms in total. The summed E-state index contributed by atoms with van der Waals surface area (Å²) in [4.78, 5) is 19.4. The average molecular weight is 384 g/mol. The van der Waals surface area contributed by atoms with E-state index in [1.54, 1.807) is 6.20 Å². The van der Waals surface area contributed by atoms with Crippen molar-refractivity contribution in [1.29, 1.82) is 5.26 Å². The number of nitriles is 1. The normalized spacial score (nSPS) is 14.6. The topological polar surface area (TPSA) is 69.0 Å². The van der Waals surface area contributed by atoms with E-state index in [0.29, 0.717) is 5.56 Å². The van der Waals surface area contributed by atoms with Crippen LogP contribution in [0.4, 0.5) is 11.4 Å². The van der Waals surface area contributed by atoms with Crippen molar-refractivity contribution in [1.82, 2.24) is 4.98 Å². The summed E-state index contributed by atoms with van der Waals surface area (Å²) in [6.45, 7) is 5.55. The number of piperidine rings is 1. The standard InChI is InChI=1S/C24H24N4O/c1-16-4-3-5-20(12-16)27-24(29)18-8-10-28(11-9-18)23-19(14-25)15-26-22-7-6-17(2)13-21(22)23/h3-7,12-13,15,18H,8-11H2,1-2H3,(H,27,29). The Morgan fingerprint density at radius 2 is 1.90 bits per heavy atom. The Balaban J connectivity index is 1.52. The maximum Gasteiger partial charge on any atom is 0.227 e. The van der Waals surface area contributed by atoms with Gasteiger partial charge in [-0.2, -0.15) is 5.26 Å². The summed E-state index contributed by atoms with van der Waals surface area (Å²) < 4.78 is 0. The van der Waals surface area contributed by atoms with Crippen LogP contribution in [0.15, 0.2) is 48.7 Å². The van der Waals surface area contributed by atoms with Crippen LogP contribution in [-0.4, -0.2) is 24.0 Å². The molecule has 1 amide bonds. The first-order chi connectivity index (χ1) is 14.0. The number of fused-ring (bicyclic) bond motifs is 1. The second-order valence-corrected chi connectivity index (χ2v) is 7.77. The molecular weight excluding hydrogens is 360 g/mol. The van der Waals surface area contributed by atoms with Crippen molar-refractivity contribution in [2.75, 3.05) is 23.3 Å². The van der Waals surface area contributed by atoms with Gasteiger partial charge in [0, 0.05) is 36.3 Å². The van der Waals surface area contributed by atoms with E-state index in [4.69, 9.17) is 0 Å². The molecule has 1 aliphatic rings. The lowest BCUT2D eigenvalue weighted by atomic mass is 9.94. The molecule has 1 saturated heterocycles. The van der Waals surface area contributed by atoms with Crippen molar-refractivity contribution >= 4 is 28.2 Å². The average Bonchev–Trinajstić information content (AvgIpc) is 2.73. The Bertz CT molecular complexity index is 1110.